The van der Waals surface area contributed by atoms with Gasteiger partial charge in [0, 0.05) is 24.7 Å². The molecule has 0 saturated carbocycles. The lowest BCUT2D eigenvalue weighted by Gasteiger charge is -2.17. The van der Waals surface area contributed by atoms with E-state index in [1.165, 1.54) is 31.3 Å². The molecule has 2 aromatic rings. The summed E-state index contributed by atoms with van der Waals surface area (Å²) < 4.78 is 14.9. The van der Waals surface area contributed by atoms with Gasteiger partial charge in [0.25, 0.3) is 5.91 Å². The molecule has 1 saturated heterocycles. The first-order valence-electron chi connectivity index (χ1n) is 9.51. The van der Waals surface area contributed by atoms with Gasteiger partial charge in [0.05, 0.1) is 31.4 Å². The fourth-order valence-electron chi connectivity index (χ4n) is 3.21. The van der Waals surface area contributed by atoms with E-state index < -0.39 is 30.4 Å². The Kier molecular flexibility index (Phi) is 6.86. The molecular weight excluding hydrogens is 404 g/mol. The Balaban J connectivity index is 1.56. The molecule has 0 aromatic heterocycles. The summed E-state index contributed by atoms with van der Waals surface area (Å²) >= 11 is 0. The third-order valence-corrected chi connectivity index (χ3v) is 4.78. The molecule has 1 unspecified atom stereocenters. The number of anilines is 2. The highest BCUT2D eigenvalue weighted by Gasteiger charge is 2.36. The van der Waals surface area contributed by atoms with Crippen molar-refractivity contribution < 1.29 is 33.4 Å². The minimum atomic E-state index is -0.686. The van der Waals surface area contributed by atoms with Crippen molar-refractivity contribution in [2.24, 2.45) is 5.92 Å². The number of rotatable bonds is 7. The Hall–Kier alpha value is -3.88. The van der Waals surface area contributed by atoms with Gasteiger partial charge in [-0.05, 0) is 24.3 Å². The van der Waals surface area contributed by atoms with Crippen LogP contribution in [0, 0.1) is 5.92 Å². The average Bonchev–Trinajstić information content (AvgIpc) is 3.19. The van der Waals surface area contributed by atoms with Crippen LogP contribution < -0.4 is 15.0 Å². The number of nitrogens with one attached hydrogen (secondary N) is 1. The summed E-state index contributed by atoms with van der Waals surface area (Å²) in [6, 6.07) is 13.3. The van der Waals surface area contributed by atoms with Gasteiger partial charge in [0.2, 0.25) is 5.91 Å². The molecule has 1 N–H and O–H groups in total. The highest BCUT2D eigenvalue weighted by atomic mass is 16.5. The zero-order valence-corrected chi connectivity index (χ0v) is 17.1. The van der Waals surface area contributed by atoms with Crippen LogP contribution in [0.3, 0.4) is 0 Å². The van der Waals surface area contributed by atoms with Crippen LogP contribution in [-0.4, -0.2) is 51.1 Å². The lowest BCUT2D eigenvalue weighted by molar-refractivity contribution is -0.151. The molecule has 9 heteroatoms. The Bertz CT molecular complexity index is 1000. The maximum absolute atomic E-state index is 12.4. The number of carbonyl (C=O) groups is 4. The van der Waals surface area contributed by atoms with Crippen molar-refractivity contribution in [1.82, 2.24) is 0 Å². The van der Waals surface area contributed by atoms with Crippen molar-refractivity contribution in [3.63, 3.8) is 0 Å². The van der Waals surface area contributed by atoms with Crippen LogP contribution in [0.25, 0.3) is 0 Å². The van der Waals surface area contributed by atoms with Crippen LogP contribution in [0.15, 0.2) is 48.5 Å². The largest absolute Gasteiger partial charge is 0.497 e. The molecule has 0 aliphatic carbocycles. The molecule has 2 amide bonds. The average molecular weight is 426 g/mol. The van der Waals surface area contributed by atoms with Gasteiger partial charge in [-0.2, -0.15) is 0 Å². The topological polar surface area (TPSA) is 111 Å². The number of esters is 2. The Morgan fingerprint density at radius 1 is 1.10 bits per heavy atom. The Labute approximate surface area is 178 Å². The second-order valence-electron chi connectivity index (χ2n) is 6.80. The molecule has 1 fully saturated rings. The highest BCUT2D eigenvalue weighted by molar-refractivity contribution is 6.02. The number of carbonyl (C=O) groups excluding carboxylic acids is 4. The standard InChI is InChI=1S/C22H22N2O7/c1-29-16-7-5-6-15(11-16)24-12-14(10-20(24)26)21(27)31-13-19(25)23-18-9-4-3-8-17(18)22(28)30-2/h3-9,11,14H,10,12-13H2,1-2H3,(H,23,25). The lowest BCUT2D eigenvalue weighted by Crippen LogP contribution is -2.28. The van der Waals surface area contributed by atoms with Crippen LogP contribution in [0.4, 0.5) is 11.4 Å². The van der Waals surface area contributed by atoms with E-state index >= 15 is 0 Å². The number of para-hydroxylation sites is 1. The minimum absolute atomic E-state index is 0.0111. The molecular formula is C22H22N2O7. The molecule has 162 valence electrons. The predicted octanol–water partition coefficient (Wildman–Crippen LogP) is 2.02. The summed E-state index contributed by atoms with van der Waals surface area (Å²) in [5.41, 5.74) is 1.05. The Morgan fingerprint density at radius 3 is 2.61 bits per heavy atom. The van der Waals surface area contributed by atoms with Gasteiger partial charge >= 0.3 is 11.9 Å². The van der Waals surface area contributed by atoms with E-state index in [0.29, 0.717) is 11.4 Å². The number of amides is 2. The minimum Gasteiger partial charge on any atom is -0.497 e. The summed E-state index contributed by atoms with van der Waals surface area (Å²) in [6.07, 6.45) is -0.0111. The zero-order chi connectivity index (χ0) is 22.4. The van der Waals surface area contributed by atoms with Crippen LogP contribution in [0.2, 0.25) is 0 Å². The maximum Gasteiger partial charge on any atom is 0.339 e. The molecule has 1 atom stereocenters. The fraction of sp³-hybridized carbons (Fsp3) is 0.273. The highest BCUT2D eigenvalue weighted by Crippen LogP contribution is 2.28. The molecule has 31 heavy (non-hydrogen) atoms. The van der Waals surface area contributed by atoms with Crippen molar-refractivity contribution in [2.45, 2.75) is 6.42 Å². The first-order chi connectivity index (χ1) is 14.9. The predicted molar refractivity (Wildman–Crippen MR) is 111 cm³/mol. The molecule has 1 heterocycles. The molecule has 1 aliphatic rings. The number of hydrogen-bond donors (Lipinski definition) is 1. The van der Waals surface area contributed by atoms with Gasteiger partial charge in [-0.3, -0.25) is 14.4 Å². The van der Waals surface area contributed by atoms with Gasteiger partial charge < -0.3 is 24.4 Å². The second kappa shape index (κ2) is 9.75. The second-order valence-corrected chi connectivity index (χ2v) is 6.80. The van der Waals surface area contributed by atoms with E-state index in [0.717, 1.165) is 0 Å². The molecule has 0 radical (unpaired) electrons. The normalized spacial score (nSPS) is 15.4. The number of hydrogen-bond acceptors (Lipinski definition) is 7. The SMILES string of the molecule is COC(=O)c1ccccc1NC(=O)COC(=O)C1CC(=O)N(c2cccc(OC)c2)C1. The van der Waals surface area contributed by atoms with Crippen LogP contribution >= 0.6 is 0 Å². The molecule has 3 rings (SSSR count). The van der Waals surface area contributed by atoms with E-state index in [9.17, 15) is 19.2 Å². The number of benzene rings is 2. The summed E-state index contributed by atoms with van der Waals surface area (Å²) in [7, 11) is 2.76. The van der Waals surface area contributed by atoms with Gasteiger partial charge in [-0.25, -0.2) is 4.79 Å². The lowest BCUT2D eigenvalue weighted by atomic mass is 10.1. The van der Waals surface area contributed by atoms with E-state index in [-0.39, 0.29) is 30.1 Å². The van der Waals surface area contributed by atoms with Gasteiger partial charge in [0.1, 0.15) is 5.75 Å². The summed E-state index contributed by atoms with van der Waals surface area (Å²) in [6.45, 7) is -0.393. The molecule has 2 aromatic carbocycles. The van der Waals surface area contributed by atoms with Crippen molar-refractivity contribution in [2.75, 3.05) is 37.6 Å². The van der Waals surface area contributed by atoms with Crippen LogP contribution in [0.5, 0.6) is 5.75 Å². The monoisotopic (exact) mass is 426 g/mol. The number of ether oxygens (including phenoxy) is 3. The molecule has 9 nitrogen and oxygen atoms in total. The molecule has 0 spiro atoms. The summed E-state index contributed by atoms with van der Waals surface area (Å²) in [4.78, 5) is 50.2. The van der Waals surface area contributed by atoms with Crippen LogP contribution in [0.1, 0.15) is 16.8 Å². The van der Waals surface area contributed by atoms with Crippen molar-refractivity contribution in [3.8, 4) is 5.75 Å². The first-order valence-corrected chi connectivity index (χ1v) is 9.51. The fourth-order valence-corrected chi connectivity index (χ4v) is 3.21. The van der Waals surface area contributed by atoms with E-state index in [1.54, 1.807) is 36.4 Å². The summed E-state index contributed by atoms with van der Waals surface area (Å²) in [5, 5.41) is 2.52. The van der Waals surface area contributed by atoms with Crippen molar-refractivity contribution >= 4 is 35.1 Å². The zero-order valence-electron chi connectivity index (χ0n) is 17.1. The van der Waals surface area contributed by atoms with E-state index in [1.807, 2.05) is 0 Å². The maximum atomic E-state index is 12.4. The van der Waals surface area contributed by atoms with Crippen molar-refractivity contribution in [3.05, 3.63) is 54.1 Å². The van der Waals surface area contributed by atoms with Crippen molar-refractivity contribution in [1.29, 1.82) is 0 Å². The summed E-state index contributed by atoms with van der Waals surface area (Å²) in [5.74, 6) is -2.16. The van der Waals surface area contributed by atoms with Gasteiger partial charge in [0.15, 0.2) is 6.61 Å². The number of nitrogens with zero attached hydrogens (tertiary/aromatic N) is 1. The third-order valence-electron chi connectivity index (χ3n) is 4.78. The van der Waals surface area contributed by atoms with Gasteiger partial charge in [-0.1, -0.05) is 18.2 Å². The first kappa shape index (κ1) is 21.8. The molecule has 1 aliphatic heterocycles. The Morgan fingerprint density at radius 2 is 1.87 bits per heavy atom. The third kappa shape index (κ3) is 5.19. The number of methoxy groups -OCH3 is 2. The van der Waals surface area contributed by atoms with E-state index in [4.69, 9.17) is 9.47 Å². The smallest absolute Gasteiger partial charge is 0.339 e. The van der Waals surface area contributed by atoms with E-state index in [2.05, 4.69) is 10.1 Å². The molecule has 0 bridgehead atoms. The van der Waals surface area contributed by atoms with Gasteiger partial charge in [-0.15, -0.1) is 0 Å². The van der Waals surface area contributed by atoms with Crippen LogP contribution in [-0.2, 0) is 23.9 Å². The quantitative estimate of drug-likeness (QED) is 0.674.